The highest BCUT2D eigenvalue weighted by Crippen LogP contribution is 2.10. The van der Waals surface area contributed by atoms with E-state index >= 15 is 0 Å². The molecular formula is C12H15NO2. The van der Waals surface area contributed by atoms with Gasteiger partial charge in [-0.3, -0.25) is 0 Å². The molecule has 2 N–H and O–H groups in total. The molecule has 0 amide bonds. The predicted molar refractivity (Wildman–Crippen MR) is 60.0 cm³/mol. The lowest BCUT2D eigenvalue weighted by Gasteiger charge is -2.02. The molecule has 3 heteroatoms. The molecule has 1 rings (SSSR count). The van der Waals surface area contributed by atoms with Crippen LogP contribution in [-0.2, 0) is 9.53 Å². The van der Waals surface area contributed by atoms with Crippen LogP contribution >= 0.6 is 0 Å². The van der Waals surface area contributed by atoms with Gasteiger partial charge in [0.05, 0.1) is 6.61 Å². The van der Waals surface area contributed by atoms with Crippen molar-refractivity contribution >= 4 is 11.7 Å². The largest absolute Gasteiger partial charge is 0.463 e. The molecule has 80 valence electrons. The minimum atomic E-state index is -0.406. The Labute approximate surface area is 89.5 Å². The van der Waals surface area contributed by atoms with Crippen molar-refractivity contribution in [3.05, 3.63) is 41.5 Å². The fraction of sp³-hybridized carbons (Fsp3) is 0.250. The highest BCUT2D eigenvalue weighted by atomic mass is 16.5. The van der Waals surface area contributed by atoms with Crippen molar-refractivity contribution in [1.82, 2.24) is 0 Å². The van der Waals surface area contributed by atoms with Crippen LogP contribution in [0, 0.1) is 6.92 Å². The number of hydrogen-bond donors (Lipinski definition) is 1. The first-order chi connectivity index (χ1) is 7.13. The Hall–Kier alpha value is -1.77. The lowest BCUT2D eigenvalue weighted by molar-refractivity contribution is -0.137. The topological polar surface area (TPSA) is 52.3 Å². The summed E-state index contributed by atoms with van der Waals surface area (Å²) < 4.78 is 4.77. The predicted octanol–water partition coefficient (Wildman–Crippen LogP) is 1.86. The van der Waals surface area contributed by atoms with Crippen LogP contribution in [0.15, 0.2) is 30.3 Å². The van der Waals surface area contributed by atoms with Gasteiger partial charge in [-0.25, -0.2) is 4.79 Å². The number of benzene rings is 1. The number of ether oxygens (including phenoxy) is 1. The summed E-state index contributed by atoms with van der Waals surface area (Å²) in [5.74, 6) is -0.406. The number of nitrogens with two attached hydrogens (primary N) is 1. The average Bonchev–Trinajstić information content (AvgIpc) is 2.18. The van der Waals surface area contributed by atoms with Crippen molar-refractivity contribution in [3.63, 3.8) is 0 Å². The summed E-state index contributed by atoms with van der Waals surface area (Å²) in [7, 11) is 0. The second kappa shape index (κ2) is 5.20. The summed E-state index contributed by atoms with van der Waals surface area (Å²) in [6.45, 7) is 4.09. The van der Waals surface area contributed by atoms with Crippen molar-refractivity contribution in [3.8, 4) is 0 Å². The van der Waals surface area contributed by atoms with Gasteiger partial charge in [-0.15, -0.1) is 0 Å². The molecule has 0 spiro atoms. The molecular weight excluding hydrogens is 190 g/mol. The molecule has 0 aliphatic heterocycles. The molecule has 1 aromatic rings. The number of aryl methyl sites for hydroxylation is 1. The van der Waals surface area contributed by atoms with E-state index in [1.807, 2.05) is 31.2 Å². The fourth-order valence-electron chi connectivity index (χ4n) is 1.22. The van der Waals surface area contributed by atoms with Crippen LogP contribution in [0.2, 0.25) is 0 Å². The Bertz CT molecular complexity index is 383. The van der Waals surface area contributed by atoms with Gasteiger partial charge < -0.3 is 10.5 Å². The zero-order chi connectivity index (χ0) is 11.3. The third-order valence-electron chi connectivity index (χ3n) is 1.91. The molecule has 0 aliphatic carbocycles. The molecule has 0 heterocycles. The molecule has 0 radical (unpaired) electrons. The van der Waals surface area contributed by atoms with Gasteiger partial charge in [0.25, 0.3) is 0 Å². The zero-order valence-corrected chi connectivity index (χ0v) is 8.99. The van der Waals surface area contributed by atoms with Crippen LogP contribution < -0.4 is 5.73 Å². The van der Waals surface area contributed by atoms with Gasteiger partial charge in [-0.05, 0) is 25.5 Å². The van der Waals surface area contributed by atoms with Gasteiger partial charge >= 0.3 is 5.97 Å². The molecule has 15 heavy (non-hydrogen) atoms. The Morgan fingerprint density at radius 2 is 2.27 bits per heavy atom. The first-order valence-corrected chi connectivity index (χ1v) is 4.84. The summed E-state index contributed by atoms with van der Waals surface area (Å²) in [4.78, 5) is 11.1. The highest BCUT2D eigenvalue weighted by Gasteiger charge is 2.01. The Balaban J connectivity index is 2.84. The van der Waals surface area contributed by atoms with Crippen LogP contribution in [0.5, 0.6) is 0 Å². The molecule has 0 saturated heterocycles. The average molecular weight is 205 g/mol. The maximum Gasteiger partial charge on any atom is 0.332 e. The Kier molecular flexibility index (Phi) is 3.92. The Morgan fingerprint density at radius 1 is 1.53 bits per heavy atom. The van der Waals surface area contributed by atoms with E-state index < -0.39 is 5.97 Å². The van der Waals surface area contributed by atoms with Crippen LogP contribution in [0.25, 0.3) is 5.70 Å². The number of carbonyl (C=O) groups excluding carboxylic acids is 1. The van der Waals surface area contributed by atoms with Gasteiger partial charge in [-0.2, -0.15) is 0 Å². The standard InChI is InChI=1S/C12H15NO2/c1-3-15-12(14)8-11(13)10-6-4-5-9(2)7-10/h4-8H,3,13H2,1-2H3/b11-8-. The van der Waals surface area contributed by atoms with Crippen molar-refractivity contribution in [2.24, 2.45) is 5.73 Å². The van der Waals surface area contributed by atoms with Gasteiger partial charge in [-0.1, -0.05) is 23.8 Å². The monoisotopic (exact) mass is 205 g/mol. The first-order valence-electron chi connectivity index (χ1n) is 4.84. The van der Waals surface area contributed by atoms with Gasteiger partial charge in [0.1, 0.15) is 0 Å². The minimum Gasteiger partial charge on any atom is -0.463 e. The summed E-state index contributed by atoms with van der Waals surface area (Å²) in [5, 5.41) is 0. The molecule has 0 saturated carbocycles. The van der Waals surface area contributed by atoms with E-state index in [1.165, 1.54) is 6.08 Å². The summed E-state index contributed by atoms with van der Waals surface area (Å²) >= 11 is 0. The van der Waals surface area contributed by atoms with Crippen LogP contribution in [0.1, 0.15) is 18.1 Å². The van der Waals surface area contributed by atoms with Crippen LogP contribution in [0.4, 0.5) is 0 Å². The molecule has 0 bridgehead atoms. The second-order valence-corrected chi connectivity index (χ2v) is 3.22. The third-order valence-corrected chi connectivity index (χ3v) is 1.91. The van der Waals surface area contributed by atoms with E-state index in [-0.39, 0.29) is 0 Å². The second-order valence-electron chi connectivity index (χ2n) is 3.22. The zero-order valence-electron chi connectivity index (χ0n) is 8.99. The molecule has 0 unspecified atom stereocenters. The third kappa shape index (κ3) is 3.46. The molecule has 3 nitrogen and oxygen atoms in total. The quantitative estimate of drug-likeness (QED) is 0.605. The van der Waals surface area contributed by atoms with Crippen molar-refractivity contribution in [2.45, 2.75) is 13.8 Å². The van der Waals surface area contributed by atoms with E-state index in [2.05, 4.69) is 0 Å². The normalized spacial score (nSPS) is 11.2. The molecule has 0 aliphatic rings. The van der Waals surface area contributed by atoms with Gasteiger partial charge in [0.15, 0.2) is 0 Å². The minimum absolute atomic E-state index is 0.358. The Morgan fingerprint density at radius 3 is 2.87 bits per heavy atom. The van der Waals surface area contributed by atoms with E-state index in [1.54, 1.807) is 6.92 Å². The van der Waals surface area contributed by atoms with Crippen LogP contribution in [0.3, 0.4) is 0 Å². The molecule has 0 aromatic heterocycles. The number of esters is 1. The fourth-order valence-corrected chi connectivity index (χ4v) is 1.22. The summed E-state index contributed by atoms with van der Waals surface area (Å²) in [6, 6.07) is 7.65. The van der Waals surface area contributed by atoms with Gasteiger partial charge in [0.2, 0.25) is 0 Å². The van der Waals surface area contributed by atoms with Crippen molar-refractivity contribution < 1.29 is 9.53 Å². The smallest absolute Gasteiger partial charge is 0.332 e. The molecule has 1 aromatic carbocycles. The lowest BCUT2D eigenvalue weighted by atomic mass is 10.1. The highest BCUT2D eigenvalue weighted by molar-refractivity contribution is 5.90. The number of rotatable bonds is 3. The summed E-state index contributed by atoms with van der Waals surface area (Å²) in [5.41, 5.74) is 8.12. The number of carbonyl (C=O) groups is 1. The van der Waals surface area contributed by atoms with Crippen LogP contribution in [-0.4, -0.2) is 12.6 Å². The number of hydrogen-bond acceptors (Lipinski definition) is 3. The maximum absolute atomic E-state index is 11.1. The van der Waals surface area contributed by atoms with E-state index in [0.29, 0.717) is 12.3 Å². The SMILES string of the molecule is CCOC(=O)/C=C(\N)c1cccc(C)c1. The van der Waals surface area contributed by atoms with Crippen molar-refractivity contribution in [1.29, 1.82) is 0 Å². The van der Waals surface area contributed by atoms with E-state index in [9.17, 15) is 4.79 Å². The van der Waals surface area contributed by atoms with Gasteiger partial charge in [0, 0.05) is 11.8 Å². The van der Waals surface area contributed by atoms with E-state index in [0.717, 1.165) is 11.1 Å². The molecule has 0 fully saturated rings. The van der Waals surface area contributed by atoms with Crippen molar-refractivity contribution in [2.75, 3.05) is 6.61 Å². The van der Waals surface area contributed by atoms with E-state index in [4.69, 9.17) is 10.5 Å². The maximum atomic E-state index is 11.1. The first kappa shape index (κ1) is 11.3. The summed E-state index contributed by atoms with van der Waals surface area (Å²) in [6.07, 6.45) is 1.30. The molecule has 0 atom stereocenters. The lowest BCUT2D eigenvalue weighted by Crippen LogP contribution is -2.05.